The Morgan fingerprint density at radius 1 is 1.23 bits per heavy atom. The third-order valence-corrected chi connectivity index (χ3v) is 3.08. The van der Waals surface area contributed by atoms with Gasteiger partial charge in [0.25, 0.3) is 5.56 Å². The Labute approximate surface area is 127 Å². The highest BCUT2D eigenvalue weighted by atomic mass is 32.1. The zero-order chi connectivity index (χ0) is 15.7. The van der Waals surface area contributed by atoms with E-state index in [1.54, 1.807) is 0 Å². The lowest BCUT2D eigenvalue weighted by Gasteiger charge is -1.99. The predicted octanol–water partition coefficient (Wildman–Crippen LogP) is 2.00. The van der Waals surface area contributed by atoms with Gasteiger partial charge >= 0.3 is 0 Å². The van der Waals surface area contributed by atoms with Crippen LogP contribution < -0.4 is 11.0 Å². The second-order valence-electron chi connectivity index (χ2n) is 4.43. The van der Waals surface area contributed by atoms with Crippen LogP contribution in [0.3, 0.4) is 0 Å². The molecule has 0 saturated carbocycles. The highest BCUT2D eigenvalue weighted by molar-refractivity contribution is 7.71. The number of phenols is 1. The maximum atomic E-state index is 12.3. The van der Waals surface area contributed by atoms with Crippen LogP contribution in [0.1, 0.15) is 5.56 Å². The van der Waals surface area contributed by atoms with Crippen molar-refractivity contribution in [2.24, 2.45) is 4.99 Å². The molecule has 0 amide bonds. The molecule has 0 aliphatic rings. The molecular formula is C14H9N3O4S. The topological polar surface area (TPSA) is 111 Å². The van der Waals surface area contributed by atoms with Gasteiger partial charge < -0.3 is 14.5 Å². The van der Waals surface area contributed by atoms with Gasteiger partial charge in [0.1, 0.15) is 23.4 Å². The highest BCUT2D eigenvalue weighted by Gasteiger charge is 2.06. The van der Waals surface area contributed by atoms with Crippen molar-refractivity contribution in [3.63, 3.8) is 0 Å². The summed E-state index contributed by atoms with van der Waals surface area (Å²) in [4.78, 5) is 32.6. The summed E-state index contributed by atoms with van der Waals surface area (Å²) in [5.74, 6) is 0.229. The van der Waals surface area contributed by atoms with E-state index < -0.39 is 5.56 Å². The molecule has 0 bridgehead atoms. The van der Waals surface area contributed by atoms with Gasteiger partial charge in [0, 0.05) is 18.3 Å². The molecule has 0 spiro atoms. The minimum atomic E-state index is -0.392. The zero-order valence-electron chi connectivity index (χ0n) is 11.0. The van der Waals surface area contributed by atoms with Crippen LogP contribution in [0.25, 0.3) is 11.0 Å². The fourth-order valence-electron chi connectivity index (χ4n) is 1.89. The highest BCUT2D eigenvalue weighted by Crippen LogP contribution is 2.17. The molecule has 3 rings (SSSR count). The molecule has 110 valence electrons. The van der Waals surface area contributed by atoms with Crippen molar-refractivity contribution in [1.82, 2.24) is 9.97 Å². The Morgan fingerprint density at radius 2 is 2.05 bits per heavy atom. The first-order valence-corrected chi connectivity index (χ1v) is 6.56. The van der Waals surface area contributed by atoms with E-state index in [9.17, 15) is 14.7 Å². The Hall–Kier alpha value is -3.00. The van der Waals surface area contributed by atoms with Crippen LogP contribution in [0.2, 0.25) is 0 Å². The molecule has 1 aromatic carbocycles. The quantitative estimate of drug-likeness (QED) is 0.494. The molecule has 0 aliphatic heterocycles. The van der Waals surface area contributed by atoms with Gasteiger partial charge in [0.15, 0.2) is 4.77 Å². The van der Waals surface area contributed by atoms with E-state index >= 15 is 0 Å². The van der Waals surface area contributed by atoms with Crippen molar-refractivity contribution < 1.29 is 9.52 Å². The summed E-state index contributed by atoms with van der Waals surface area (Å²) >= 11 is 4.83. The van der Waals surface area contributed by atoms with Gasteiger partial charge in [-0.15, -0.1) is 0 Å². The number of hydrogen-bond donors (Lipinski definition) is 3. The van der Waals surface area contributed by atoms with E-state index in [0.717, 1.165) is 0 Å². The lowest BCUT2D eigenvalue weighted by molar-refractivity contribution is 0.474. The molecule has 0 unspecified atom stereocenters. The SMILES string of the molecule is O=c1cc(N=Cc2coc3cc(O)ccc3c2=O)[nH]c(=S)[nH]1. The summed E-state index contributed by atoms with van der Waals surface area (Å²) in [5, 5.41) is 9.68. The minimum absolute atomic E-state index is 0.00755. The maximum Gasteiger partial charge on any atom is 0.253 e. The zero-order valence-corrected chi connectivity index (χ0v) is 11.8. The number of phenolic OH excluding ortho intramolecular Hbond substituents is 1. The van der Waals surface area contributed by atoms with Gasteiger partial charge in [-0.2, -0.15) is 0 Å². The van der Waals surface area contributed by atoms with Crippen LogP contribution in [0.15, 0.2) is 49.5 Å². The van der Waals surface area contributed by atoms with Crippen LogP contribution >= 0.6 is 12.2 Å². The van der Waals surface area contributed by atoms with Crippen LogP contribution in [0.5, 0.6) is 5.75 Å². The van der Waals surface area contributed by atoms with Gasteiger partial charge in [-0.25, -0.2) is 4.99 Å². The number of H-pyrrole nitrogens is 2. The Morgan fingerprint density at radius 3 is 2.82 bits per heavy atom. The molecule has 8 heteroatoms. The summed E-state index contributed by atoms with van der Waals surface area (Å²) in [6.07, 6.45) is 2.51. The summed E-state index contributed by atoms with van der Waals surface area (Å²) < 4.78 is 5.43. The number of aromatic hydroxyl groups is 1. The first kappa shape index (κ1) is 14.0. The number of nitrogens with one attached hydrogen (secondary N) is 2. The first-order chi connectivity index (χ1) is 10.5. The predicted molar refractivity (Wildman–Crippen MR) is 83.7 cm³/mol. The van der Waals surface area contributed by atoms with Crippen molar-refractivity contribution in [3.8, 4) is 5.75 Å². The molecule has 0 atom stereocenters. The first-order valence-electron chi connectivity index (χ1n) is 6.15. The molecule has 2 heterocycles. The van der Waals surface area contributed by atoms with Crippen LogP contribution in [-0.2, 0) is 0 Å². The second kappa shape index (κ2) is 5.41. The molecule has 0 fully saturated rings. The number of hydrogen-bond acceptors (Lipinski definition) is 6. The lowest BCUT2D eigenvalue weighted by Crippen LogP contribution is -2.08. The number of aliphatic imine (C=N–C) groups is 1. The third kappa shape index (κ3) is 2.72. The summed E-state index contributed by atoms with van der Waals surface area (Å²) in [6.45, 7) is 0. The molecule has 0 saturated heterocycles. The molecule has 0 aliphatic carbocycles. The van der Waals surface area contributed by atoms with Gasteiger partial charge in [-0.3, -0.25) is 14.6 Å². The maximum absolute atomic E-state index is 12.3. The molecule has 0 radical (unpaired) electrons. The van der Waals surface area contributed by atoms with Crippen LogP contribution in [-0.4, -0.2) is 21.3 Å². The Kier molecular flexibility index (Phi) is 3.43. The van der Waals surface area contributed by atoms with Crippen molar-refractivity contribution >= 4 is 35.2 Å². The Bertz CT molecular complexity index is 1030. The molecule has 22 heavy (non-hydrogen) atoms. The van der Waals surface area contributed by atoms with Crippen LogP contribution in [0.4, 0.5) is 5.82 Å². The van der Waals surface area contributed by atoms with Crippen molar-refractivity contribution in [3.05, 3.63) is 61.4 Å². The average molecular weight is 315 g/mol. The van der Waals surface area contributed by atoms with Gasteiger partial charge in [0.05, 0.1) is 10.9 Å². The normalized spacial score (nSPS) is 11.3. The fourth-order valence-corrected chi connectivity index (χ4v) is 2.09. The lowest BCUT2D eigenvalue weighted by atomic mass is 10.2. The van der Waals surface area contributed by atoms with Crippen molar-refractivity contribution in [2.75, 3.05) is 0 Å². The number of benzene rings is 1. The number of fused-ring (bicyclic) bond motifs is 1. The number of rotatable bonds is 2. The minimum Gasteiger partial charge on any atom is -0.508 e. The molecule has 3 N–H and O–H groups in total. The number of nitrogens with zero attached hydrogens (tertiary/aromatic N) is 1. The van der Waals surface area contributed by atoms with E-state index in [-0.39, 0.29) is 32.9 Å². The van der Waals surface area contributed by atoms with E-state index in [4.69, 9.17) is 16.6 Å². The van der Waals surface area contributed by atoms with E-state index in [1.165, 1.54) is 36.7 Å². The smallest absolute Gasteiger partial charge is 0.253 e. The second-order valence-corrected chi connectivity index (χ2v) is 4.84. The third-order valence-electron chi connectivity index (χ3n) is 2.87. The van der Waals surface area contributed by atoms with E-state index in [2.05, 4.69) is 15.0 Å². The summed E-state index contributed by atoms with van der Waals surface area (Å²) in [5.41, 5.74) is -0.208. The number of aromatic amines is 2. The average Bonchev–Trinajstić information content (AvgIpc) is 2.45. The molecule has 3 aromatic rings. The van der Waals surface area contributed by atoms with Gasteiger partial charge in [0.2, 0.25) is 5.43 Å². The van der Waals surface area contributed by atoms with E-state index in [1.807, 2.05) is 0 Å². The molecular weight excluding hydrogens is 306 g/mol. The molecule has 2 aromatic heterocycles. The van der Waals surface area contributed by atoms with Crippen molar-refractivity contribution in [2.45, 2.75) is 0 Å². The molecule has 7 nitrogen and oxygen atoms in total. The standard InChI is InChI=1S/C14H9N3O4S/c18-8-1-2-9-10(3-8)21-6-7(13(9)20)5-15-11-4-12(19)17-14(22)16-11/h1-6,18H,(H2,16,17,19,22). The largest absolute Gasteiger partial charge is 0.508 e. The van der Waals surface area contributed by atoms with E-state index in [0.29, 0.717) is 5.39 Å². The van der Waals surface area contributed by atoms with Gasteiger partial charge in [-0.1, -0.05) is 0 Å². The van der Waals surface area contributed by atoms with Gasteiger partial charge in [-0.05, 0) is 24.4 Å². The number of aromatic nitrogens is 2. The summed E-state index contributed by atoms with van der Waals surface area (Å²) in [7, 11) is 0. The summed E-state index contributed by atoms with van der Waals surface area (Å²) in [6, 6.07) is 5.43. The van der Waals surface area contributed by atoms with Crippen LogP contribution in [0, 0.1) is 4.77 Å². The fraction of sp³-hybridized carbons (Fsp3) is 0. The Balaban J connectivity index is 2.07. The van der Waals surface area contributed by atoms with Crippen molar-refractivity contribution in [1.29, 1.82) is 0 Å². The monoisotopic (exact) mass is 315 g/mol.